The fourth-order valence-corrected chi connectivity index (χ4v) is 2.41. The second kappa shape index (κ2) is 9.10. The third-order valence-corrected chi connectivity index (χ3v) is 3.45. The summed E-state index contributed by atoms with van der Waals surface area (Å²) in [6.07, 6.45) is 2.33. The molecule has 0 fully saturated rings. The summed E-state index contributed by atoms with van der Waals surface area (Å²) in [6.45, 7) is 0. The van der Waals surface area contributed by atoms with Crippen molar-refractivity contribution in [1.82, 2.24) is 0 Å². The highest BCUT2D eigenvalue weighted by molar-refractivity contribution is 7.16. The maximum Gasteiger partial charge on any atom is -0.0184 e. The first kappa shape index (κ1) is 15.5. The van der Waals surface area contributed by atoms with Gasteiger partial charge in [-0.3, -0.25) is 0 Å². The van der Waals surface area contributed by atoms with Crippen LogP contribution >= 0.6 is 9.24 Å². The smallest absolute Gasteiger partial charge is 0.0184 e. The van der Waals surface area contributed by atoms with Crippen LogP contribution in [0.2, 0.25) is 0 Å². The molecule has 3 aromatic rings. The molecule has 0 aliphatic rings. The van der Waals surface area contributed by atoms with E-state index in [1.807, 2.05) is 18.2 Å². The van der Waals surface area contributed by atoms with Crippen molar-refractivity contribution in [1.29, 1.82) is 0 Å². The van der Waals surface area contributed by atoms with Crippen LogP contribution in [0.25, 0.3) is 11.1 Å². The summed E-state index contributed by atoms with van der Waals surface area (Å²) in [5, 5.41) is 0. The number of benzene rings is 3. The van der Waals surface area contributed by atoms with Gasteiger partial charge in [-0.15, -0.1) is 9.24 Å². The van der Waals surface area contributed by atoms with Gasteiger partial charge < -0.3 is 0 Å². The molecule has 1 unspecified atom stereocenters. The van der Waals surface area contributed by atoms with Gasteiger partial charge in [0.1, 0.15) is 0 Å². The molecule has 21 heavy (non-hydrogen) atoms. The predicted octanol–water partition coefficient (Wildman–Crippen LogP) is 5.46. The molecule has 0 spiro atoms. The summed E-state index contributed by atoms with van der Waals surface area (Å²) in [7, 11) is 2.73. The molecular weight excluding hydrogens is 271 g/mol. The number of hydrogen-bond acceptors (Lipinski definition) is 0. The Kier molecular flexibility index (Phi) is 6.71. The molecule has 0 saturated carbocycles. The van der Waals surface area contributed by atoms with Crippen LogP contribution in [0.15, 0.2) is 91.0 Å². The lowest BCUT2D eigenvalue weighted by molar-refractivity contribution is 1.16. The van der Waals surface area contributed by atoms with Gasteiger partial charge in [-0.1, -0.05) is 91.0 Å². The van der Waals surface area contributed by atoms with Crippen molar-refractivity contribution in [2.45, 2.75) is 6.42 Å². The van der Waals surface area contributed by atoms with E-state index in [0.717, 1.165) is 6.16 Å². The molecule has 0 radical (unpaired) electrons. The van der Waals surface area contributed by atoms with Crippen LogP contribution in [0.4, 0.5) is 0 Å². The fraction of sp³-hybridized carbons (Fsp3) is 0.100. The van der Waals surface area contributed by atoms with E-state index in [4.69, 9.17) is 0 Å². The highest BCUT2D eigenvalue weighted by Gasteiger charge is 1.91. The zero-order valence-corrected chi connectivity index (χ0v) is 13.3. The maximum atomic E-state index is 2.73. The lowest BCUT2D eigenvalue weighted by Gasteiger charge is -1.98. The normalized spacial score (nSPS) is 9.57. The van der Waals surface area contributed by atoms with Crippen molar-refractivity contribution in [3.8, 4) is 11.1 Å². The highest BCUT2D eigenvalue weighted by atomic mass is 31.0. The van der Waals surface area contributed by atoms with Crippen LogP contribution < -0.4 is 0 Å². The predicted molar refractivity (Wildman–Crippen MR) is 96.6 cm³/mol. The zero-order valence-electron chi connectivity index (χ0n) is 12.2. The van der Waals surface area contributed by atoms with Gasteiger partial charge >= 0.3 is 0 Å². The van der Waals surface area contributed by atoms with Crippen LogP contribution in [0.1, 0.15) is 5.56 Å². The second-order valence-corrected chi connectivity index (χ2v) is 5.33. The van der Waals surface area contributed by atoms with Crippen molar-refractivity contribution in [2.75, 3.05) is 6.16 Å². The molecule has 0 nitrogen and oxygen atoms in total. The molecule has 3 rings (SSSR count). The SMILES string of the molecule is PCCc1ccccc1.c1ccc(-c2ccccc2)cc1. The summed E-state index contributed by atoms with van der Waals surface area (Å²) in [4.78, 5) is 0. The number of rotatable bonds is 3. The van der Waals surface area contributed by atoms with Gasteiger partial charge in [-0.05, 0) is 29.3 Å². The molecule has 0 heterocycles. The van der Waals surface area contributed by atoms with E-state index in [-0.39, 0.29) is 0 Å². The Hall–Kier alpha value is -1.91. The van der Waals surface area contributed by atoms with Crippen LogP contribution in [0, 0.1) is 0 Å². The van der Waals surface area contributed by atoms with E-state index in [1.54, 1.807) is 0 Å². The Morgan fingerprint density at radius 3 is 1.29 bits per heavy atom. The van der Waals surface area contributed by atoms with Crippen molar-refractivity contribution < 1.29 is 0 Å². The molecule has 0 aromatic heterocycles. The van der Waals surface area contributed by atoms with Crippen LogP contribution in [-0.4, -0.2) is 6.16 Å². The van der Waals surface area contributed by atoms with Gasteiger partial charge in [-0.25, -0.2) is 0 Å². The third kappa shape index (κ3) is 5.53. The molecule has 3 aromatic carbocycles. The second-order valence-electron chi connectivity index (χ2n) is 4.76. The number of aryl methyl sites for hydroxylation is 1. The van der Waals surface area contributed by atoms with E-state index in [1.165, 1.54) is 23.1 Å². The summed E-state index contributed by atoms with van der Waals surface area (Å²) < 4.78 is 0. The van der Waals surface area contributed by atoms with E-state index in [9.17, 15) is 0 Å². The molecule has 0 bridgehead atoms. The van der Waals surface area contributed by atoms with Gasteiger partial charge in [0.05, 0.1) is 0 Å². The van der Waals surface area contributed by atoms with Crippen LogP contribution in [-0.2, 0) is 6.42 Å². The Labute approximate surface area is 130 Å². The Morgan fingerprint density at radius 1 is 0.524 bits per heavy atom. The van der Waals surface area contributed by atoms with E-state index in [2.05, 4.69) is 82.0 Å². The summed E-state index contributed by atoms with van der Waals surface area (Å²) in [6, 6.07) is 31.3. The zero-order chi connectivity index (χ0) is 14.8. The van der Waals surface area contributed by atoms with Gasteiger partial charge in [0.15, 0.2) is 0 Å². The van der Waals surface area contributed by atoms with Crippen molar-refractivity contribution in [3.63, 3.8) is 0 Å². The van der Waals surface area contributed by atoms with E-state index < -0.39 is 0 Å². The quantitative estimate of drug-likeness (QED) is 0.562. The average molecular weight is 292 g/mol. The Morgan fingerprint density at radius 2 is 0.905 bits per heavy atom. The molecule has 106 valence electrons. The lowest BCUT2D eigenvalue weighted by atomic mass is 10.1. The van der Waals surface area contributed by atoms with Crippen molar-refractivity contribution in [2.24, 2.45) is 0 Å². The molecular formula is C20H21P. The molecule has 0 aliphatic carbocycles. The largest absolute Gasteiger partial charge is 0.137 e. The topological polar surface area (TPSA) is 0 Å². The van der Waals surface area contributed by atoms with Gasteiger partial charge in [-0.2, -0.15) is 0 Å². The molecule has 1 atom stereocenters. The first-order chi connectivity index (χ1) is 10.4. The average Bonchev–Trinajstić information content (AvgIpc) is 2.58. The maximum absolute atomic E-state index is 2.73. The first-order valence-electron chi connectivity index (χ1n) is 7.24. The molecule has 0 amide bonds. The third-order valence-electron chi connectivity index (χ3n) is 3.16. The summed E-state index contributed by atoms with van der Waals surface area (Å²) >= 11 is 0. The van der Waals surface area contributed by atoms with Crippen LogP contribution in [0.5, 0.6) is 0 Å². The Bertz CT molecular complexity index is 566. The first-order valence-corrected chi connectivity index (χ1v) is 8.06. The molecule has 1 heteroatoms. The van der Waals surface area contributed by atoms with E-state index >= 15 is 0 Å². The van der Waals surface area contributed by atoms with Gasteiger partial charge in [0.2, 0.25) is 0 Å². The minimum Gasteiger partial charge on any atom is -0.137 e. The van der Waals surface area contributed by atoms with Crippen LogP contribution in [0.3, 0.4) is 0 Å². The molecule has 0 N–H and O–H groups in total. The van der Waals surface area contributed by atoms with Gasteiger partial charge in [0, 0.05) is 0 Å². The minimum absolute atomic E-state index is 1.16. The molecule has 0 saturated heterocycles. The fourth-order valence-electron chi connectivity index (χ4n) is 2.07. The Balaban J connectivity index is 0.000000161. The van der Waals surface area contributed by atoms with Crippen molar-refractivity contribution in [3.05, 3.63) is 96.6 Å². The summed E-state index contributed by atoms with van der Waals surface area (Å²) in [5.74, 6) is 0. The minimum atomic E-state index is 1.16. The standard InChI is InChI=1S/C12H10.C8H11P/c1-3-7-11(8-4-1)12-9-5-2-6-10-12;9-7-6-8-4-2-1-3-5-8/h1-10H;1-5H,6-7,9H2. The lowest BCUT2D eigenvalue weighted by Crippen LogP contribution is -1.82. The van der Waals surface area contributed by atoms with Crippen molar-refractivity contribution >= 4 is 9.24 Å². The van der Waals surface area contributed by atoms with E-state index in [0.29, 0.717) is 0 Å². The number of hydrogen-bond donors (Lipinski definition) is 0. The van der Waals surface area contributed by atoms with Gasteiger partial charge in [0.25, 0.3) is 0 Å². The highest BCUT2D eigenvalue weighted by Crippen LogP contribution is 2.17. The molecule has 0 aliphatic heterocycles. The monoisotopic (exact) mass is 292 g/mol. The summed E-state index contributed by atoms with van der Waals surface area (Å²) in [5.41, 5.74) is 3.98.